The summed E-state index contributed by atoms with van der Waals surface area (Å²) in [6, 6.07) is 4.78. The van der Waals surface area contributed by atoms with E-state index in [1.165, 1.54) is 6.07 Å². The predicted octanol–water partition coefficient (Wildman–Crippen LogP) is 2.39. The van der Waals surface area contributed by atoms with Crippen LogP contribution in [0.25, 0.3) is 11.1 Å². The largest absolute Gasteiger partial charge is 0.460 e. The average molecular weight is 436 g/mol. The van der Waals surface area contributed by atoms with Gasteiger partial charge >= 0.3 is 5.97 Å². The monoisotopic (exact) mass is 435 g/mol. The van der Waals surface area contributed by atoms with Gasteiger partial charge in [-0.25, -0.2) is 14.4 Å². The van der Waals surface area contributed by atoms with Crippen LogP contribution in [-0.4, -0.2) is 62.3 Å². The van der Waals surface area contributed by atoms with Crippen LogP contribution in [0, 0.1) is 11.2 Å². The van der Waals surface area contributed by atoms with Crippen LogP contribution in [0.3, 0.4) is 0 Å². The first-order valence-electron chi connectivity index (χ1n) is 9.27. The van der Waals surface area contributed by atoms with E-state index in [0.717, 1.165) is 0 Å². The zero-order valence-corrected chi connectivity index (χ0v) is 17.1. The molecular formula is C21H30FN5O4. The molecular weight excluding hydrogens is 405 g/mol. The summed E-state index contributed by atoms with van der Waals surface area (Å²) < 4.78 is 30.1. The molecule has 0 saturated heterocycles. The number of nitrogens with zero attached hydrogens (tertiary/aromatic N) is 3. The number of rotatable bonds is 12. The molecule has 0 spiro atoms. The molecule has 1 heterocycles. The first kappa shape index (κ1) is 25.9. The molecule has 0 aliphatic heterocycles. The second-order valence-corrected chi connectivity index (χ2v) is 6.39. The average Bonchev–Trinajstić information content (AvgIpc) is 2.73. The minimum Gasteiger partial charge on any atom is -0.460 e. The van der Waals surface area contributed by atoms with Crippen molar-refractivity contribution >= 4 is 17.8 Å². The fourth-order valence-electron chi connectivity index (χ4n) is 2.62. The number of nitrogens with two attached hydrogens (primary N) is 1. The Morgan fingerprint density at radius 2 is 1.77 bits per heavy atom. The van der Waals surface area contributed by atoms with Gasteiger partial charge in [0.2, 0.25) is 5.95 Å². The number of ether oxygens (including phenoxy) is 3. The summed E-state index contributed by atoms with van der Waals surface area (Å²) in [4.78, 5) is 22.2. The standard InChI is InChI=1S/C20H26FN5O4.CH4/c1-28-8-6-26(7-9-29-2)20-24-11-15(12-25-20)16-5-3-4-14(19(16)21)13-30-18(27)10-17(22)23;/h3-5,11-12H,6-10,13H2,1-2H3,(H3,22,23);1H4. The van der Waals surface area contributed by atoms with Crippen molar-refractivity contribution < 1.29 is 23.4 Å². The van der Waals surface area contributed by atoms with Gasteiger partial charge in [0, 0.05) is 56.4 Å². The van der Waals surface area contributed by atoms with E-state index in [-0.39, 0.29) is 31.9 Å². The maximum Gasteiger partial charge on any atom is 0.313 e. The number of nitrogens with one attached hydrogen (secondary N) is 1. The summed E-state index contributed by atoms with van der Waals surface area (Å²) in [5.41, 5.74) is 6.15. The number of aromatic nitrogens is 2. The molecule has 170 valence electrons. The summed E-state index contributed by atoms with van der Waals surface area (Å²) >= 11 is 0. The number of hydrogen-bond donors (Lipinski definition) is 2. The highest BCUT2D eigenvalue weighted by molar-refractivity contribution is 5.94. The highest BCUT2D eigenvalue weighted by Gasteiger charge is 2.15. The van der Waals surface area contributed by atoms with Gasteiger partial charge in [-0.1, -0.05) is 25.6 Å². The van der Waals surface area contributed by atoms with Gasteiger partial charge in [0.1, 0.15) is 24.7 Å². The molecule has 10 heteroatoms. The van der Waals surface area contributed by atoms with Crippen LogP contribution >= 0.6 is 0 Å². The number of halogens is 1. The summed E-state index contributed by atoms with van der Waals surface area (Å²) in [7, 11) is 3.23. The lowest BCUT2D eigenvalue weighted by Crippen LogP contribution is -2.32. The molecule has 31 heavy (non-hydrogen) atoms. The highest BCUT2D eigenvalue weighted by Crippen LogP contribution is 2.25. The number of carbonyl (C=O) groups excluding carboxylic acids is 1. The Bertz CT molecular complexity index is 840. The van der Waals surface area contributed by atoms with Crippen molar-refractivity contribution in [3.63, 3.8) is 0 Å². The van der Waals surface area contributed by atoms with Crippen LogP contribution in [0.15, 0.2) is 30.6 Å². The quantitative estimate of drug-likeness (QED) is 0.296. The van der Waals surface area contributed by atoms with Crippen LogP contribution in [0.1, 0.15) is 19.4 Å². The molecule has 3 N–H and O–H groups in total. The van der Waals surface area contributed by atoms with Crippen LogP contribution in [0.4, 0.5) is 10.3 Å². The van der Waals surface area contributed by atoms with Crippen molar-refractivity contribution in [3.8, 4) is 11.1 Å². The second-order valence-electron chi connectivity index (χ2n) is 6.39. The molecule has 0 aliphatic rings. The molecule has 9 nitrogen and oxygen atoms in total. The van der Waals surface area contributed by atoms with Gasteiger partial charge < -0.3 is 24.8 Å². The molecule has 0 atom stereocenters. The van der Waals surface area contributed by atoms with Gasteiger partial charge in [-0.05, 0) is 0 Å². The third-order valence-electron chi connectivity index (χ3n) is 4.16. The minimum absolute atomic E-state index is 0. The van der Waals surface area contributed by atoms with E-state index in [4.69, 9.17) is 25.4 Å². The molecule has 0 unspecified atom stereocenters. The van der Waals surface area contributed by atoms with Gasteiger partial charge in [0.25, 0.3) is 0 Å². The Hall–Kier alpha value is -3.11. The third kappa shape index (κ3) is 7.91. The van der Waals surface area contributed by atoms with E-state index >= 15 is 0 Å². The third-order valence-corrected chi connectivity index (χ3v) is 4.16. The highest BCUT2D eigenvalue weighted by atomic mass is 19.1. The fourth-order valence-corrected chi connectivity index (χ4v) is 2.62. The molecule has 0 fully saturated rings. The first-order chi connectivity index (χ1) is 14.5. The SMILES string of the molecule is C.COCCN(CCOC)c1ncc(-c2cccc(COC(=O)CC(=N)N)c2F)cn1. The number of anilines is 1. The van der Waals surface area contributed by atoms with Crippen LogP contribution in [-0.2, 0) is 25.6 Å². The van der Waals surface area contributed by atoms with Crippen molar-refractivity contribution in [2.24, 2.45) is 5.73 Å². The molecule has 1 aromatic carbocycles. The molecule has 2 aromatic rings. The molecule has 0 bridgehead atoms. The van der Waals surface area contributed by atoms with E-state index in [9.17, 15) is 9.18 Å². The molecule has 2 rings (SSSR count). The van der Waals surface area contributed by atoms with Gasteiger partial charge in [0.15, 0.2) is 0 Å². The van der Waals surface area contributed by atoms with Gasteiger partial charge in [-0.2, -0.15) is 0 Å². The maximum atomic E-state index is 14.9. The van der Waals surface area contributed by atoms with E-state index in [2.05, 4.69) is 9.97 Å². The predicted molar refractivity (Wildman–Crippen MR) is 116 cm³/mol. The lowest BCUT2D eigenvalue weighted by Gasteiger charge is -2.21. The smallest absolute Gasteiger partial charge is 0.313 e. The number of methoxy groups -OCH3 is 2. The first-order valence-corrected chi connectivity index (χ1v) is 9.27. The van der Waals surface area contributed by atoms with E-state index in [1.54, 1.807) is 38.7 Å². The summed E-state index contributed by atoms with van der Waals surface area (Å²) in [5.74, 6) is -1.04. The Kier molecular flexibility index (Phi) is 11.1. The minimum atomic E-state index is -0.688. The van der Waals surface area contributed by atoms with Crippen molar-refractivity contribution in [2.75, 3.05) is 45.4 Å². The van der Waals surface area contributed by atoms with Crippen molar-refractivity contribution in [1.82, 2.24) is 9.97 Å². The Morgan fingerprint density at radius 3 is 2.32 bits per heavy atom. The van der Waals surface area contributed by atoms with Gasteiger partial charge in [-0.15, -0.1) is 0 Å². The fraction of sp³-hybridized carbons (Fsp3) is 0.429. The number of carbonyl (C=O) groups is 1. The number of amidine groups is 1. The zero-order valence-electron chi connectivity index (χ0n) is 17.1. The Balaban J connectivity index is 0.00000480. The van der Waals surface area contributed by atoms with E-state index in [1.807, 2.05) is 4.90 Å². The summed E-state index contributed by atoms with van der Waals surface area (Å²) in [6.07, 6.45) is 2.75. The lowest BCUT2D eigenvalue weighted by atomic mass is 10.1. The number of esters is 1. The molecule has 0 radical (unpaired) electrons. The van der Waals surface area contributed by atoms with Crippen molar-refractivity contribution in [2.45, 2.75) is 20.5 Å². The lowest BCUT2D eigenvalue weighted by molar-refractivity contribution is -0.143. The van der Waals surface area contributed by atoms with Crippen LogP contribution in [0.5, 0.6) is 0 Å². The topological polar surface area (TPSA) is 124 Å². The van der Waals surface area contributed by atoms with Crippen molar-refractivity contribution in [1.29, 1.82) is 5.41 Å². The molecule has 0 amide bonds. The van der Waals surface area contributed by atoms with E-state index < -0.39 is 11.8 Å². The van der Waals surface area contributed by atoms with E-state index in [0.29, 0.717) is 43.4 Å². The zero-order chi connectivity index (χ0) is 21.9. The second kappa shape index (κ2) is 13.2. The number of benzene rings is 1. The van der Waals surface area contributed by atoms with Crippen LogP contribution in [0.2, 0.25) is 0 Å². The molecule has 0 aliphatic carbocycles. The Morgan fingerprint density at radius 1 is 1.16 bits per heavy atom. The normalized spacial score (nSPS) is 10.3. The van der Waals surface area contributed by atoms with Gasteiger partial charge in [0.05, 0.1) is 13.2 Å². The molecule has 0 saturated carbocycles. The number of hydrogen-bond acceptors (Lipinski definition) is 8. The summed E-state index contributed by atoms with van der Waals surface area (Å²) in [5, 5.41) is 7.09. The Labute approximate surface area is 181 Å². The summed E-state index contributed by atoms with van der Waals surface area (Å²) in [6.45, 7) is 1.94. The van der Waals surface area contributed by atoms with Crippen molar-refractivity contribution in [3.05, 3.63) is 42.0 Å². The van der Waals surface area contributed by atoms with Gasteiger partial charge in [-0.3, -0.25) is 10.2 Å². The van der Waals surface area contributed by atoms with Crippen LogP contribution < -0.4 is 10.6 Å². The molecule has 1 aromatic heterocycles. The maximum absolute atomic E-state index is 14.9.